The molecule has 1 nitrogen and oxygen atoms in total. The third-order valence-corrected chi connectivity index (χ3v) is 6.72. The average molecular weight is 451 g/mol. The number of ether oxygens (including phenoxy) is 1. The molecule has 0 bridgehead atoms. The van der Waals surface area contributed by atoms with Crippen molar-refractivity contribution in [3.8, 4) is 5.75 Å². The molecule has 2 aromatic rings. The van der Waals surface area contributed by atoms with Crippen LogP contribution in [0.1, 0.15) is 88.4 Å². The summed E-state index contributed by atoms with van der Waals surface area (Å²) in [7, 11) is 0. The number of rotatable bonds is 10. The van der Waals surface area contributed by atoms with Gasteiger partial charge in [0.25, 0.3) is 0 Å². The highest BCUT2D eigenvalue weighted by molar-refractivity contribution is 5.31. The van der Waals surface area contributed by atoms with Gasteiger partial charge in [0.1, 0.15) is 17.7 Å². The van der Waals surface area contributed by atoms with E-state index >= 15 is 0 Å². The topological polar surface area (TPSA) is 9.23 Å². The Morgan fingerprint density at radius 3 is 2.16 bits per heavy atom. The van der Waals surface area contributed by atoms with Crippen molar-refractivity contribution in [2.45, 2.75) is 83.4 Å². The Morgan fingerprint density at radius 2 is 1.56 bits per heavy atom. The fraction of sp³-hybridized carbons (Fsp3) is 0.556. The zero-order valence-corrected chi connectivity index (χ0v) is 18.8. The van der Waals surface area contributed by atoms with Gasteiger partial charge in [-0.15, -0.1) is 0 Å². The number of hydrogen-bond donors (Lipinski definition) is 0. The second-order valence-corrected chi connectivity index (χ2v) is 9.12. The summed E-state index contributed by atoms with van der Waals surface area (Å²) in [6.07, 6.45) is 7.04. The molecule has 0 spiro atoms. The van der Waals surface area contributed by atoms with Gasteiger partial charge in [0.05, 0.1) is 5.56 Å². The summed E-state index contributed by atoms with van der Waals surface area (Å²) in [4.78, 5) is 0. The van der Waals surface area contributed by atoms with Crippen LogP contribution in [0.25, 0.3) is 0 Å². The molecule has 0 amide bonds. The van der Waals surface area contributed by atoms with Crippen LogP contribution in [0, 0.1) is 17.7 Å². The molecule has 32 heavy (non-hydrogen) atoms. The van der Waals surface area contributed by atoms with E-state index in [0.29, 0.717) is 5.92 Å². The summed E-state index contributed by atoms with van der Waals surface area (Å²) in [6, 6.07) is 12.5. The molecule has 0 N–H and O–H groups in total. The van der Waals surface area contributed by atoms with Crippen LogP contribution in [-0.4, -0.2) is 0 Å². The van der Waals surface area contributed by atoms with E-state index in [1.807, 2.05) is 30.3 Å². The molecule has 5 heteroatoms. The second kappa shape index (κ2) is 11.7. The van der Waals surface area contributed by atoms with Crippen molar-refractivity contribution in [3.63, 3.8) is 0 Å². The van der Waals surface area contributed by atoms with E-state index in [0.717, 1.165) is 36.5 Å². The summed E-state index contributed by atoms with van der Waals surface area (Å²) in [5, 5.41) is 0. The lowest BCUT2D eigenvalue weighted by Crippen LogP contribution is -2.17. The highest BCUT2D eigenvalue weighted by Gasteiger charge is 2.34. The summed E-state index contributed by atoms with van der Waals surface area (Å²) in [6.45, 7) is 2.24. The molecular weight excluding hydrogens is 416 g/mol. The van der Waals surface area contributed by atoms with Crippen molar-refractivity contribution in [1.82, 2.24) is 0 Å². The molecule has 176 valence electrons. The Labute approximate surface area is 189 Å². The fourth-order valence-electron chi connectivity index (χ4n) is 4.80. The lowest BCUT2D eigenvalue weighted by Gasteiger charge is -2.30. The quantitative estimate of drug-likeness (QED) is 0.259. The van der Waals surface area contributed by atoms with Gasteiger partial charge in [0.2, 0.25) is 0 Å². The molecule has 1 aliphatic rings. The van der Waals surface area contributed by atoms with Gasteiger partial charge >= 0.3 is 6.18 Å². The second-order valence-electron chi connectivity index (χ2n) is 9.12. The Hall–Kier alpha value is -2.04. The van der Waals surface area contributed by atoms with Crippen molar-refractivity contribution in [1.29, 1.82) is 0 Å². The number of benzene rings is 2. The molecule has 0 aromatic heterocycles. The van der Waals surface area contributed by atoms with Crippen molar-refractivity contribution < 1.29 is 22.3 Å². The molecule has 1 atom stereocenters. The smallest absolute Gasteiger partial charge is 0.419 e. The molecule has 1 unspecified atom stereocenters. The highest BCUT2D eigenvalue weighted by atomic mass is 19.4. The predicted molar refractivity (Wildman–Crippen MR) is 120 cm³/mol. The van der Waals surface area contributed by atoms with Crippen molar-refractivity contribution >= 4 is 0 Å². The number of halogens is 4. The Kier molecular flexibility index (Phi) is 9.01. The first kappa shape index (κ1) is 24.6. The summed E-state index contributed by atoms with van der Waals surface area (Å²) in [5.74, 6) is 0.331. The van der Waals surface area contributed by atoms with Gasteiger partial charge in [-0.3, -0.25) is 0 Å². The van der Waals surface area contributed by atoms with Crippen molar-refractivity contribution in [2.24, 2.45) is 11.8 Å². The van der Waals surface area contributed by atoms with Gasteiger partial charge in [0, 0.05) is 6.07 Å². The molecule has 1 aliphatic carbocycles. The van der Waals surface area contributed by atoms with E-state index < -0.39 is 17.6 Å². The minimum atomic E-state index is -4.71. The molecule has 0 saturated heterocycles. The lowest BCUT2D eigenvalue weighted by atomic mass is 9.77. The SMILES string of the molecule is CCCCC[C@H]1CC[C@H](CCC(Oc2ccc(C(F)(F)F)c(F)c2)c2ccccc2)CC1. The maximum Gasteiger partial charge on any atom is 0.419 e. The standard InChI is InChI=1S/C27H34F4O/c1-2-3-5-8-20-11-13-21(14-12-20)15-18-26(22-9-6-4-7-10-22)32-23-16-17-24(25(28)19-23)27(29,30)31/h4,6-7,9-10,16-17,19-21,26H,2-3,5,8,11-15,18H2,1H3/t20-,21-,26?. The largest absolute Gasteiger partial charge is 0.486 e. The molecular formula is C27H34F4O. The van der Waals surface area contributed by atoms with E-state index in [9.17, 15) is 17.6 Å². The van der Waals surface area contributed by atoms with Gasteiger partial charge in [-0.2, -0.15) is 13.2 Å². The zero-order valence-electron chi connectivity index (χ0n) is 18.8. The third kappa shape index (κ3) is 7.25. The molecule has 1 saturated carbocycles. The van der Waals surface area contributed by atoms with Crippen LogP contribution in [0.4, 0.5) is 17.6 Å². The van der Waals surface area contributed by atoms with E-state index in [1.165, 1.54) is 57.4 Å². The predicted octanol–water partition coefficient (Wildman–Crippen LogP) is 9.13. The van der Waals surface area contributed by atoms with E-state index in [4.69, 9.17) is 4.74 Å². The first-order valence-corrected chi connectivity index (χ1v) is 11.9. The average Bonchev–Trinajstić information content (AvgIpc) is 2.77. The Balaban J connectivity index is 1.60. The monoisotopic (exact) mass is 450 g/mol. The lowest BCUT2D eigenvalue weighted by molar-refractivity contribution is -0.140. The summed E-state index contributed by atoms with van der Waals surface area (Å²) >= 11 is 0. The Bertz CT molecular complexity index is 810. The molecule has 0 aliphatic heterocycles. The first-order chi connectivity index (χ1) is 15.4. The van der Waals surface area contributed by atoms with Crippen LogP contribution in [0.3, 0.4) is 0 Å². The number of unbranched alkanes of at least 4 members (excludes halogenated alkanes) is 2. The highest BCUT2D eigenvalue weighted by Crippen LogP contribution is 2.38. The summed E-state index contributed by atoms with van der Waals surface area (Å²) < 4.78 is 58.6. The third-order valence-electron chi connectivity index (χ3n) is 6.72. The van der Waals surface area contributed by atoms with Gasteiger partial charge in [-0.25, -0.2) is 4.39 Å². The normalized spacial score (nSPS) is 20.2. The first-order valence-electron chi connectivity index (χ1n) is 11.9. The van der Waals surface area contributed by atoms with Crippen LogP contribution in [0.2, 0.25) is 0 Å². The van der Waals surface area contributed by atoms with Gasteiger partial charge < -0.3 is 4.74 Å². The van der Waals surface area contributed by atoms with Crippen LogP contribution in [-0.2, 0) is 6.18 Å². The summed E-state index contributed by atoms with van der Waals surface area (Å²) in [5.41, 5.74) is -0.308. The number of alkyl halides is 3. The molecule has 2 aromatic carbocycles. The van der Waals surface area contributed by atoms with Crippen molar-refractivity contribution in [3.05, 3.63) is 65.5 Å². The Morgan fingerprint density at radius 1 is 0.906 bits per heavy atom. The van der Waals surface area contributed by atoms with Gasteiger partial charge in [-0.05, 0) is 42.4 Å². The van der Waals surface area contributed by atoms with Crippen LogP contribution in [0.15, 0.2) is 48.5 Å². The molecule has 0 heterocycles. The minimum absolute atomic E-state index is 0.129. The van der Waals surface area contributed by atoms with E-state index in [-0.39, 0.29) is 11.9 Å². The van der Waals surface area contributed by atoms with Crippen LogP contribution < -0.4 is 4.74 Å². The zero-order chi connectivity index (χ0) is 23.0. The fourth-order valence-corrected chi connectivity index (χ4v) is 4.80. The number of hydrogen-bond acceptors (Lipinski definition) is 1. The molecule has 3 rings (SSSR count). The van der Waals surface area contributed by atoms with Gasteiger partial charge in [-0.1, -0.05) is 88.6 Å². The van der Waals surface area contributed by atoms with Crippen molar-refractivity contribution in [2.75, 3.05) is 0 Å². The molecule has 0 radical (unpaired) electrons. The maximum absolute atomic E-state index is 14.0. The molecule has 1 fully saturated rings. The minimum Gasteiger partial charge on any atom is -0.486 e. The maximum atomic E-state index is 14.0. The van der Waals surface area contributed by atoms with Gasteiger partial charge in [0.15, 0.2) is 0 Å². The van der Waals surface area contributed by atoms with Crippen LogP contribution >= 0.6 is 0 Å². The van der Waals surface area contributed by atoms with E-state index in [2.05, 4.69) is 6.92 Å². The van der Waals surface area contributed by atoms with Crippen LogP contribution in [0.5, 0.6) is 5.75 Å². The van der Waals surface area contributed by atoms with E-state index in [1.54, 1.807) is 0 Å².